The van der Waals surface area contributed by atoms with E-state index >= 15 is 0 Å². The summed E-state index contributed by atoms with van der Waals surface area (Å²) in [6, 6.07) is 8.44. The molecule has 2 rings (SSSR count). The number of allylic oxidation sites excluding steroid dienone is 2. The maximum atomic E-state index is 5.76. The van der Waals surface area contributed by atoms with E-state index in [1.54, 1.807) is 0 Å². The molecule has 25 heavy (non-hydrogen) atoms. The summed E-state index contributed by atoms with van der Waals surface area (Å²) in [5, 5.41) is 0. The molecule has 1 aromatic carbocycles. The maximum absolute atomic E-state index is 5.76. The molecule has 0 amide bonds. The van der Waals surface area contributed by atoms with E-state index in [1.807, 2.05) is 0 Å². The van der Waals surface area contributed by atoms with Gasteiger partial charge in [0.15, 0.2) is 0 Å². The molecule has 0 N–H and O–H groups in total. The summed E-state index contributed by atoms with van der Waals surface area (Å²) in [6.45, 7) is 5.82. The minimum absolute atomic E-state index is 0.0447. The standard InChI is InChI=1S/C23H36O2/c1-3-4-5-6-7-8-9-10-11-12-13-14-21-15-17-22(18-16-21)24-19-23(2)20-25-23/h12-13,15-18H,3-11,14,19-20H2,1-2H3/b13-12+. The fraction of sp³-hybridized carbons (Fsp3) is 0.652. The molecule has 0 spiro atoms. The van der Waals surface area contributed by atoms with Gasteiger partial charge >= 0.3 is 0 Å². The Labute approximate surface area is 154 Å². The number of benzene rings is 1. The normalized spacial score (nSPS) is 19.4. The largest absolute Gasteiger partial charge is 0.491 e. The van der Waals surface area contributed by atoms with Gasteiger partial charge in [-0.25, -0.2) is 0 Å². The molecule has 1 aromatic rings. The molecule has 2 nitrogen and oxygen atoms in total. The Morgan fingerprint density at radius 1 is 0.960 bits per heavy atom. The molecule has 0 bridgehead atoms. The SMILES string of the molecule is CCCCCCCCCC/C=C/Cc1ccc(OCC2(C)CO2)cc1. The maximum Gasteiger partial charge on any atom is 0.123 e. The molecule has 1 unspecified atom stereocenters. The first kappa shape index (κ1) is 20.0. The van der Waals surface area contributed by atoms with Gasteiger partial charge in [-0.05, 0) is 43.9 Å². The highest BCUT2D eigenvalue weighted by molar-refractivity contribution is 5.28. The lowest BCUT2D eigenvalue weighted by atomic mass is 10.1. The Bertz CT molecular complexity index is 485. The number of rotatable bonds is 14. The predicted molar refractivity (Wildman–Crippen MR) is 106 cm³/mol. The molecule has 1 fully saturated rings. The van der Waals surface area contributed by atoms with Gasteiger partial charge < -0.3 is 9.47 Å². The second kappa shape index (κ2) is 11.4. The highest BCUT2D eigenvalue weighted by atomic mass is 16.6. The molecule has 2 heteroatoms. The lowest BCUT2D eigenvalue weighted by Crippen LogP contribution is -2.16. The van der Waals surface area contributed by atoms with Crippen LogP contribution in [0.5, 0.6) is 5.75 Å². The third kappa shape index (κ3) is 9.11. The van der Waals surface area contributed by atoms with Crippen molar-refractivity contribution in [3.8, 4) is 5.75 Å². The van der Waals surface area contributed by atoms with Crippen LogP contribution in [0.15, 0.2) is 36.4 Å². The zero-order chi connectivity index (χ0) is 17.8. The summed E-state index contributed by atoms with van der Waals surface area (Å²) >= 11 is 0. The summed E-state index contributed by atoms with van der Waals surface area (Å²) in [7, 11) is 0. The van der Waals surface area contributed by atoms with Crippen molar-refractivity contribution in [1.29, 1.82) is 0 Å². The molecule has 0 radical (unpaired) electrons. The third-order valence-corrected chi connectivity index (χ3v) is 4.85. The van der Waals surface area contributed by atoms with E-state index in [0.717, 1.165) is 18.8 Å². The van der Waals surface area contributed by atoms with E-state index in [-0.39, 0.29) is 5.60 Å². The van der Waals surface area contributed by atoms with Crippen molar-refractivity contribution >= 4 is 0 Å². The highest BCUT2D eigenvalue weighted by Gasteiger charge is 2.40. The van der Waals surface area contributed by atoms with Crippen molar-refractivity contribution < 1.29 is 9.47 Å². The van der Waals surface area contributed by atoms with Crippen LogP contribution in [0.3, 0.4) is 0 Å². The van der Waals surface area contributed by atoms with Crippen LogP contribution < -0.4 is 4.74 Å². The van der Waals surface area contributed by atoms with Crippen molar-refractivity contribution in [2.75, 3.05) is 13.2 Å². The Kier molecular flexibility index (Phi) is 9.10. The quantitative estimate of drug-likeness (QED) is 0.219. The van der Waals surface area contributed by atoms with Gasteiger partial charge in [0, 0.05) is 0 Å². The monoisotopic (exact) mass is 344 g/mol. The first-order valence-corrected chi connectivity index (χ1v) is 10.2. The van der Waals surface area contributed by atoms with Gasteiger partial charge in [-0.3, -0.25) is 0 Å². The fourth-order valence-electron chi connectivity index (χ4n) is 2.90. The minimum Gasteiger partial charge on any atom is -0.491 e. The van der Waals surface area contributed by atoms with Crippen LogP contribution in [-0.2, 0) is 11.2 Å². The molecular weight excluding hydrogens is 308 g/mol. The lowest BCUT2D eigenvalue weighted by Gasteiger charge is -2.09. The molecule has 1 saturated heterocycles. The van der Waals surface area contributed by atoms with Crippen LogP contribution in [0.25, 0.3) is 0 Å². The first-order chi connectivity index (χ1) is 12.2. The van der Waals surface area contributed by atoms with Gasteiger partial charge in [0.2, 0.25) is 0 Å². The molecule has 0 saturated carbocycles. The van der Waals surface area contributed by atoms with Gasteiger partial charge in [0.25, 0.3) is 0 Å². The van der Waals surface area contributed by atoms with Gasteiger partial charge in [-0.15, -0.1) is 0 Å². The molecular formula is C23H36O2. The topological polar surface area (TPSA) is 21.8 Å². The van der Waals surface area contributed by atoms with Crippen molar-refractivity contribution in [2.45, 2.75) is 83.7 Å². The second-order valence-electron chi connectivity index (χ2n) is 7.61. The van der Waals surface area contributed by atoms with Gasteiger partial charge in [0.1, 0.15) is 18.0 Å². The van der Waals surface area contributed by atoms with E-state index in [2.05, 4.69) is 50.3 Å². The summed E-state index contributed by atoms with van der Waals surface area (Å²) in [4.78, 5) is 0. The molecule has 0 aliphatic carbocycles. The number of unbranched alkanes of at least 4 members (excludes halogenated alkanes) is 8. The van der Waals surface area contributed by atoms with E-state index in [0.29, 0.717) is 6.61 Å². The van der Waals surface area contributed by atoms with Gasteiger partial charge in [-0.1, -0.05) is 76.2 Å². The zero-order valence-corrected chi connectivity index (χ0v) is 16.3. The molecule has 1 aliphatic heterocycles. The summed E-state index contributed by atoms with van der Waals surface area (Å²) < 4.78 is 11.1. The first-order valence-electron chi connectivity index (χ1n) is 10.2. The van der Waals surface area contributed by atoms with E-state index in [9.17, 15) is 0 Å². The third-order valence-electron chi connectivity index (χ3n) is 4.85. The highest BCUT2D eigenvalue weighted by Crippen LogP contribution is 2.27. The number of epoxide rings is 1. The van der Waals surface area contributed by atoms with Crippen molar-refractivity contribution in [3.05, 3.63) is 42.0 Å². The zero-order valence-electron chi connectivity index (χ0n) is 16.3. The average molecular weight is 345 g/mol. The molecule has 0 aromatic heterocycles. The second-order valence-corrected chi connectivity index (χ2v) is 7.61. The lowest BCUT2D eigenvalue weighted by molar-refractivity contribution is 0.202. The molecule has 1 heterocycles. The Morgan fingerprint density at radius 3 is 2.24 bits per heavy atom. The van der Waals surface area contributed by atoms with E-state index in [4.69, 9.17) is 9.47 Å². The smallest absolute Gasteiger partial charge is 0.123 e. The average Bonchev–Trinajstić information content (AvgIpc) is 3.37. The molecule has 1 aliphatic rings. The number of hydrogen-bond donors (Lipinski definition) is 0. The van der Waals surface area contributed by atoms with Gasteiger partial charge in [0.05, 0.1) is 6.61 Å². The van der Waals surface area contributed by atoms with Crippen LogP contribution in [0.1, 0.15) is 77.2 Å². The van der Waals surface area contributed by atoms with Crippen LogP contribution >= 0.6 is 0 Å². The van der Waals surface area contributed by atoms with Crippen molar-refractivity contribution in [1.82, 2.24) is 0 Å². The Balaban J connectivity index is 1.48. The van der Waals surface area contributed by atoms with E-state index in [1.165, 1.54) is 63.4 Å². The minimum atomic E-state index is -0.0447. The fourth-order valence-corrected chi connectivity index (χ4v) is 2.90. The Morgan fingerprint density at radius 2 is 1.60 bits per heavy atom. The van der Waals surface area contributed by atoms with Gasteiger partial charge in [-0.2, -0.15) is 0 Å². The Hall–Kier alpha value is -1.28. The number of hydrogen-bond acceptors (Lipinski definition) is 2. The molecule has 1 atom stereocenters. The summed E-state index contributed by atoms with van der Waals surface area (Å²) in [6.07, 6.45) is 18.0. The van der Waals surface area contributed by atoms with E-state index < -0.39 is 0 Å². The predicted octanol–water partition coefficient (Wildman–Crippen LogP) is 6.48. The van der Waals surface area contributed by atoms with Crippen LogP contribution in [0.2, 0.25) is 0 Å². The number of ether oxygens (including phenoxy) is 2. The van der Waals surface area contributed by atoms with Crippen LogP contribution in [0.4, 0.5) is 0 Å². The van der Waals surface area contributed by atoms with Crippen LogP contribution in [-0.4, -0.2) is 18.8 Å². The molecule has 140 valence electrons. The van der Waals surface area contributed by atoms with Crippen LogP contribution in [0, 0.1) is 0 Å². The summed E-state index contributed by atoms with van der Waals surface area (Å²) in [5.41, 5.74) is 1.30. The summed E-state index contributed by atoms with van der Waals surface area (Å²) in [5.74, 6) is 0.934. The van der Waals surface area contributed by atoms with Crippen molar-refractivity contribution in [3.63, 3.8) is 0 Å². The van der Waals surface area contributed by atoms with Crippen molar-refractivity contribution in [2.24, 2.45) is 0 Å².